The van der Waals surface area contributed by atoms with E-state index in [4.69, 9.17) is 14.2 Å². The Morgan fingerprint density at radius 1 is 0.829 bits per heavy atom. The van der Waals surface area contributed by atoms with E-state index in [1.54, 1.807) is 0 Å². The number of hydrogen-bond acceptors (Lipinski definition) is 4. The van der Waals surface area contributed by atoms with Crippen LogP contribution in [0.2, 0.25) is 0 Å². The second-order valence-corrected chi connectivity index (χ2v) is 11.3. The lowest BCUT2D eigenvalue weighted by Crippen LogP contribution is -2.32. The maximum absolute atomic E-state index is 15.6. The molecule has 2 aliphatic carbocycles. The summed E-state index contributed by atoms with van der Waals surface area (Å²) >= 11 is 0. The van der Waals surface area contributed by atoms with Gasteiger partial charge in [-0.2, -0.15) is 13.8 Å². The third-order valence-corrected chi connectivity index (χ3v) is 8.00. The number of halogens is 5. The topological polar surface area (TPSA) is 40.6 Å². The molecule has 0 radical (unpaired) electrons. The van der Waals surface area contributed by atoms with E-state index in [2.05, 4.69) is 11.9 Å². The number of pyridine rings is 1. The third kappa shape index (κ3) is 8.55. The molecule has 1 unspecified atom stereocenters. The zero-order valence-corrected chi connectivity index (χ0v) is 24.0. The van der Waals surface area contributed by atoms with Crippen LogP contribution in [-0.2, 0) is 17.1 Å². The molecule has 0 saturated heterocycles. The Morgan fingerprint density at radius 2 is 1.54 bits per heavy atom. The molecule has 4 rings (SSSR count). The number of benzene rings is 1. The average molecular weight is 584 g/mol. The first-order chi connectivity index (χ1) is 19.8. The molecule has 41 heavy (non-hydrogen) atoms. The highest BCUT2D eigenvalue weighted by Gasteiger charge is 2.50. The molecule has 1 aromatic heterocycles. The molecule has 1 fully saturated rings. The number of unbranched alkanes of at least 4 members (excludes halogenated alkanes) is 5. The molecule has 1 heterocycles. The average Bonchev–Trinajstić information content (AvgIpc) is 3.76. The predicted molar refractivity (Wildman–Crippen MR) is 147 cm³/mol. The molecule has 1 saturated carbocycles. The van der Waals surface area contributed by atoms with Crippen LogP contribution in [0.15, 0.2) is 18.2 Å². The van der Waals surface area contributed by atoms with Gasteiger partial charge >= 0.3 is 0 Å². The van der Waals surface area contributed by atoms with E-state index in [1.807, 2.05) is 0 Å². The highest BCUT2D eigenvalue weighted by atomic mass is 19.3. The van der Waals surface area contributed by atoms with Gasteiger partial charge in [-0.25, -0.2) is 13.2 Å². The van der Waals surface area contributed by atoms with Crippen LogP contribution in [-0.4, -0.2) is 31.4 Å². The first-order valence-electron chi connectivity index (χ1n) is 15.2. The molecule has 228 valence electrons. The SMILES string of the molecule is CCCCOCCCCOc1cc2c(c(F)n1)C(F)(F)C(c1ccc(OCCCCCCC3CC3)c(F)c1F)CC2. The van der Waals surface area contributed by atoms with Crippen molar-refractivity contribution in [2.24, 2.45) is 5.92 Å². The van der Waals surface area contributed by atoms with Crippen molar-refractivity contribution in [2.75, 3.05) is 26.4 Å². The summed E-state index contributed by atoms with van der Waals surface area (Å²) in [6.45, 7) is 3.86. The standard InChI is InChI=1S/C32H42F5NO3/c1-2-3-17-39-18-8-9-20-41-27-21-23-13-15-25(32(36,37)28(23)31(35)38-27)24-14-16-26(30(34)29(24)33)40-19-7-5-4-6-10-22-11-12-22/h14,16,21-22,25H,2-13,15,17-20H2,1H3. The smallest absolute Gasteiger partial charge is 0.284 e. The van der Waals surface area contributed by atoms with E-state index in [0.29, 0.717) is 26.1 Å². The van der Waals surface area contributed by atoms with Crippen molar-refractivity contribution in [1.82, 2.24) is 4.98 Å². The molecule has 9 heteroatoms. The fraction of sp³-hybridized carbons (Fsp3) is 0.656. The van der Waals surface area contributed by atoms with Crippen molar-refractivity contribution in [1.29, 1.82) is 0 Å². The highest BCUT2D eigenvalue weighted by Crippen LogP contribution is 2.51. The summed E-state index contributed by atoms with van der Waals surface area (Å²) in [4.78, 5) is 3.61. The molecule has 4 nitrogen and oxygen atoms in total. The number of ether oxygens (including phenoxy) is 3. The van der Waals surface area contributed by atoms with E-state index in [9.17, 15) is 8.78 Å². The maximum atomic E-state index is 15.6. The Hall–Kier alpha value is -2.42. The normalized spacial score (nSPS) is 17.9. The van der Waals surface area contributed by atoms with Gasteiger partial charge in [-0.15, -0.1) is 0 Å². The largest absolute Gasteiger partial charge is 0.490 e. The summed E-state index contributed by atoms with van der Waals surface area (Å²) in [7, 11) is 0. The third-order valence-electron chi connectivity index (χ3n) is 8.00. The summed E-state index contributed by atoms with van der Waals surface area (Å²) in [6.07, 6.45) is 11.1. The van der Waals surface area contributed by atoms with Crippen LogP contribution in [0, 0.1) is 23.5 Å². The highest BCUT2D eigenvalue weighted by molar-refractivity contribution is 5.42. The minimum absolute atomic E-state index is 0.0523. The van der Waals surface area contributed by atoms with Crippen LogP contribution >= 0.6 is 0 Å². The minimum atomic E-state index is -3.78. The van der Waals surface area contributed by atoms with E-state index in [1.165, 1.54) is 37.8 Å². The van der Waals surface area contributed by atoms with Crippen LogP contribution in [0.1, 0.15) is 107 Å². The first-order valence-corrected chi connectivity index (χ1v) is 15.2. The zero-order valence-electron chi connectivity index (χ0n) is 24.0. The first kappa shape index (κ1) is 31.5. The lowest BCUT2D eigenvalue weighted by Gasteiger charge is -2.34. The molecule has 1 aromatic carbocycles. The van der Waals surface area contributed by atoms with Gasteiger partial charge in [-0.1, -0.05) is 57.9 Å². The predicted octanol–water partition coefficient (Wildman–Crippen LogP) is 9.04. The van der Waals surface area contributed by atoms with Crippen molar-refractivity contribution in [3.63, 3.8) is 0 Å². The number of alkyl halides is 2. The molecule has 0 spiro atoms. The molecular weight excluding hydrogens is 541 g/mol. The summed E-state index contributed by atoms with van der Waals surface area (Å²) in [5.74, 6) is -9.02. The van der Waals surface area contributed by atoms with Gasteiger partial charge in [0.25, 0.3) is 5.92 Å². The second-order valence-electron chi connectivity index (χ2n) is 11.3. The fourth-order valence-corrected chi connectivity index (χ4v) is 5.40. The summed E-state index contributed by atoms with van der Waals surface area (Å²) in [5, 5.41) is 0. The summed E-state index contributed by atoms with van der Waals surface area (Å²) in [6, 6.07) is 3.63. The number of rotatable bonds is 18. The van der Waals surface area contributed by atoms with E-state index >= 15 is 13.2 Å². The molecular formula is C32H42F5NO3. The lowest BCUT2D eigenvalue weighted by atomic mass is 9.77. The van der Waals surface area contributed by atoms with Crippen molar-refractivity contribution in [3.8, 4) is 11.6 Å². The quantitative estimate of drug-likeness (QED) is 0.0998. The molecule has 0 N–H and O–H groups in total. The van der Waals surface area contributed by atoms with Crippen molar-refractivity contribution in [3.05, 3.63) is 52.5 Å². The fourth-order valence-electron chi connectivity index (χ4n) is 5.40. The van der Waals surface area contributed by atoms with E-state index < -0.39 is 40.5 Å². The molecule has 0 aliphatic heterocycles. The van der Waals surface area contributed by atoms with E-state index in [-0.39, 0.29) is 43.2 Å². The van der Waals surface area contributed by atoms with Gasteiger partial charge in [-0.3, -0.25) is 0 Å². The summed E-state index contributed by atoms with van der Waals surface area (Å²) < 4.78 is 92.4. The van der Waals surface area contributed by atoms with Crippen LogP contribution in [0.5, 0.6) is 11.6 Å². The Balaban J connectivity index is 1.32. The minimum Gasteiger partial charge on any atom is -0.490 e. The second kappa shape index (κ2) is 15.2. The Bertz CT molecular complexity index is 1120. The van der Waals surface area contributed by atoms with Gasteiger partial charge in [0.05, 0.1) is 24.7 Å². The Kier molecular flexibility index (Phi) is 11.7. The Labute approximate surface area is 240 Å². The summed E-state index contributed by atoms with van der Waals surface area (Å²) in [5.41, 5.74) is -1.31. The maximum Gasteiger partial charge on any atom is 0.284 e. The van der Waals surface area contributed by atoms with Gasteiger partial charge in [0.1, 0.15) is 0 Å². The van der Waals surface area contributed by atoms with Gasteiger partial charge < -0.3 is 14.2 Å². The zero-order chi connectivity index (χ0) is 29.2. The van der Waals surface area contributed by atoms with Crippen molar-refractivity contribution in [2.45, 2.75) is 102 Å². The van der Waals surface area contributed by atoms with Crippen LogP contribution in [0.4, 0.5) is 22.0 Å². The van der Waals surface area contributed by atoms with Gasteiger partial charge in [0, 0.05) is 24.8 Å². The Morgan fingerprint density at radius 3 is 2.32 bits per heavy atom. The molecule has 2 aromatic rings. The monoisotopic (exact) mass is 583 g/mol. The van der Waals surface area contributed by atoms with Gasteiger partial charge in [0.15, 0.2) is 11.6 Å². The number of aromatic nitrogens is 1. The molecule has 0 amide bonds. The van der Waals surface area contributed by atoms with Crippen LogP contribution in [0.3, 0.4) is 0 Å². The van der Waals surface area contributed by atoms with Crippen LogP contribution < -0.4 is 9.47 Å². The molecule has 2 aliphatic rings. The number of fused-ring (bicyclic) bond motifs is 1. The molecule has 1 atom stereocenters. The lowest BCUT2D eigenvalue weighted by molar-refractivity contribution is -0.0487. The number of nitrogens with zero attached hydrogens (tertiary/aromatic N) is 1. The van der Waals surface area contributed by atoms with E-state index in [0.717, 1.165) is 44.1 Å². The van der Waals surface area contributed by atoms with Gasteiger partial charge in [-0.05, 0) is 56.1 Å². The number of hydrogen-bond donors (Lipinski definition) is 0. The van der Waals surface area contributed by atoms with Crippen molar-refractivity contribution < 1.29 is 36.2 Å². The van der Waals surface area contributed by atoms with Gasteiger partial charge in [0.2, 0.25) is 17.6 Å². The molecule has 0 bridgehead atoms. The van der Waals surface area contributed by atoms with Crippen molar-refractivity contribution >= 4 is 0 Å². The number of aryl methyl sites for hydroxylation is 1. The van der Waals surface area contributed by atoms with Crippen LogP contribution in [0.25, 0.3) is 0 Å².